The maximum Gasteiger partial charge on any atom is 0.258 e. The monoisotopic (exact) mass is 387 g/mol. The first-order valence-electron chi connectivity index (χ1n) is 5.04. The van der Waals surface area contributed by atoms with Crippen LogP contribution < -0.4 is 4.72 Å². The molecule has 0 aliphatic carbocycles. The molecule has 0 amide bonds. The Kier molecular flexibility index (Phi) is 5.18. The van der Waals surface area contributed by atoms with E-state index >= 15 is 0 Å². The molecule has 1 rings (SSSR count). The van der Waals surface area contributed by atoms with E-state index in [0.29, 0.717) is 17.1 Å². The molecule has 0 atom stereocenters. The van der Waals surface area contributed by atoms with Gasteiger partial charge in [-0.1, -0.05) is 38.8 Å². The van der Waals surface area contributed by atoms with Crippen LogP contribution in [0.15, 0.2) is 17.3 Å². The Bertz CT molecular complexity index is 460. The van der Waals surface area contributed by atoms with Crippen molar-refractivity contribution in [3.05, 3.63) is 12.3 Å². The molecule has 1 aromatic rings. The van der Waals surface area contributed by atoms with Crippen molar-refractivity contribution >= 4 is 41.9 Å². The molecule has 0 saturated heterocycles. The number of nitrogens with one attached hydrogen (secondary N) is 1. The van der Waals surface area contributed by atoms with Crippen molar-refractivity contribution in [2.24, 2.45) is 7.05 Å². The summed E-state index contributed by atoms with van der Waals surface area (Å²) in [7, 11) is -1.95. The van der Waals surface area contributed by atoms with E-state index in [1.54, 1.807) is 7.05 Å². The van der Waals surface area contributed by atoms with E-state index in [4.69, 9.17) is 0 Å². The van der Waals surface area contributed by atoms with Crippen molar-refractivity contribution in [1.82, 2.24) is 14.5 Å². The summed E-state index contributed by atoms with van der Waals surface area (Å²) in [6, 6.07) is 1.48. The lowest BCUT2D eigenvalue weighted by Crippen LogP contribution is -2.51. The van der Waals surface area contributed by atoms with Gasteiger partial charge in [0, 0.05) is 17.7 Å². The molecule has 8 heteroatoms. The standard InChI is InChI=1S/C9H15Br2N3O2S/c1-3-9(6-10,7-11)13-17(15,16)8-4-5-12-14(8)2/h4-5,13H,3,6-7H2,1-2H3. The van der Waals surface area contributed by atoms with Gasteiger partial charge < -0.3 is 0 Å². The van der Waals surface area contributed by atoms with E-state index in [1.165, 1.54) is 16.9 Å². The van der Waals surface area contributed by atoms with Crippen LogP contribution in [-0.4, -0.2) is 34.4 Å². The zero-order valence-corrected chi connectivity index (χ0v) is 13.6. The maximum absolute atomic E-state index is 12.2. The number of alkyl halides is 2. The van der Waals surface area contributed by atoms with E-state index in [1.807, 2.05) is 6.92 Å². The lowest BCUT2D eigenvalue weighted by molar-refractivity contribution is 0.455. The molecule has 0 fully saturated rings. The molecule has 98 valence electrons. The van der Waals surface area contributed by atoms with Crippen LogP contribution in [0.3, 0.4) is 0 Å². The van der Waals surface area contributed by atoms with Gasteiger partial charge in [0.05, 0.1) is 11.7 Å². The molecule has 0 bridgehead atoms. The molecule has 0 unspecified atom stereocenters. The van der Waals surface area contributed by atoms with Crippen molar-refractivity contribution in [3.63, 3.8) is 0 Å². The third-order valence-corrected chi connectivity index (χ3v) is 6.39. The van der Waals surface area contributed by atoms with Crippen LogP contribution in [0.1, 0.15) is 13.3 Å². The van der Waals surface area contributed by atoms with Crippen molar-refractivity contribution in [2.75, 3.05) is 10.7 Å². The van der Waals surface area contributed by atoms with Crippen LogP contribution in [0.25, 0.3) is 0 Å². The number of rotatable bonds is 6. The first kappa shape index (κ1) is 15.1. The minimum atomic E-state index is -3.55. The predicted octanol–water partition coefficient (Wildman–Crippen LogP) is 1.64. The third-order valence-electron chi connectivity index (χ3n) is 2.59. The van der Waals surface area contributed by atoms with Gasteiger partial charge in [-0.25, -0.2) is 13.1 Å². The number of hydrogen-bond donors (Lipinski definition) is 1. The first-order valence-corrected chi connectivity index (χ1v) is 8.77. The topological polar surface area (TPSA) is 64.0 Å². The van der Waals surface area contributed by atoms with Crippen molar-refractivity contribution < 1.29 is 8.42 Å². The molecular weight excluding hydrogens is 374 g/mol. The van der Waals surface area contributed by atoms with Crippen LogP contribution in [0.4, 0.5) is 0 Å². The molecule has 1 heterocycles. The minimum absolute atomic E-state index is 0.164. The quantitative estimate of drug-likeness (QED) is 0.753. The smallest absolute Gasteiger partial charge is 0.256 e. The van der Waals surface area contributed by atoms with Crippen LogP contribution in [-0.2, 0) is 17.1 Å². The lowest BCUT2D eigenvalue weighted by atomic mass is 10.0. The van der Waals surface area contributed by atoms with Crippen LogP contribution >= 0.6 is 31.9 Å². The molecule has 0 aromatic carbocycles. The number of halogens is 2. The molecule has 0 spiro atoms. The second kappa shape index (κ2) is 5.81. The highest BCUT2D eigenvalue weighted by atomic mass is 79.9. The van der Waals surface area contributed by atoms with Gasteiger partial charge in [-0.05, 0) is 12.5 Å². The summed E-state index contributed by atoms with van der Waals surface area (Å²) in [5.74, 6) is 0. The third kappa shape index (κ3) is 3.30. The Morgan fingerprint density at radius 1 is 1.47 bits per heavy atom. The fraction of sp³-hybridized carbons (Fsp3) is 0.667. The van der Waals surface area contributed by atoms with E-state index in [-0.39, 0.29) is 5.03 Å². The Labute approximate surface area is 118 Å². The number of sulfonamides is 1. The van der Waals surface area contributed by atoms with Crippen molar-refractivity contribution in [1.29, 1.82) is 0 Å². The zero-order valence-electron chi connectivity index (χ0n) is 9.65. The van der Waals surface area contributed by atoms with Crippen molar-refractivity contribution in [3.8, 4) is 0 Å². The summed E-state index contributed by atoms with van der Waals surface area (Å²) in [4.78, 5) is 0. The molecule has 1 aromatic heterocycles. The maximum atomic E-state index is 12.2. The van der Waals surface area contributed by atoms with Gasteiger partial charge in [-0.15, -0.1) is 0 Å². The molecule has 0 saturated carbocycles. The van der Waals surface area contributed by atoms with Gasteiger partial charge in [0.15, 0.2) is 5.03 Å². The van der Waals surface area contributed by atoms with E-state index < -0.39 is 15.6 Å². The fourth-order valence-corrected chi connectivity index (χ4v) is 5.29. The SMILES string of the molecule is CCC(CBr)(CBr)NS(=O)(=O)c1ccnn1C. The highest BCUT2D eigenvalue weighted by molar-refractivity contribution is 9.09. The second-order valence-electron chi connectivity index (χ2n) is 3.80. The Hall–Kier alpha value is 0.0800. The summed E-state index contributed by atoms with van der Waals surface area (Å²) < 4.78 is 28.4. The molecule has 5 nitrogen and oxygen atoms in total. The summed E-state index contributed by atoms with van der Waals surface area (Å²) in [5.41, 5.74) is -0.525. The summed E-state index contributed by atoms with van der Waals surface area (Å²) in [5, 5.41) is 5.11. The van der Waals surface area contributed by atoms with E-state index in [0.717, 1.165) is 0 Å². The Morgan fingerprint density at radius 2 is 2.06 bits per heavy atom. The highest BCUT2D eigenvalue weighted by Crippen LogP contribution is 2.20. The number of hydrogen-bond acceptors (Lipinski definition) is 3. The van der Waals surface area contributed by atoms with Gasteiger partial charge in [-0.2, -0.15) is 5.10 Å². The van der Waals surface area contributed by atoms with Crippen LogP contribution in [0.5, 0.6) is 0 Å². The highest BCUT2D eigenvalue weighted by Gasteiger charge is 2.32. The molecule has 0 radical (unpaired) electrons. The molecule has 1 N–H and O–H groups in total. The normalized spacial score (nSPS) is 12.9. The van der Waals surface area contributed by atoms with Gasteiger partial charge in [-0.3, -0.25) is 4.68 Å². The second-order valence-corrected chi connectivity index (χ2v) is 6.55. The fourth-order valence-electron chi connectivity index (χ4n) is 1.31. The Morgan fingerprint density at radius 3 is 2.41 bits per heavy atom. The summed E-state index contributed by atoms with van der Waals surface area (Å²) >= 11 is 6.70. The van der Waals surface area contributed by atoms with Crippen molar-refractivity contribution in [2.45, 2.75) is 23.9 Å². The van der Waals surface area contributed by atoms with Crippen LogP contribution in [0.2, 0.25) is 0 Å². The number of aromatic nitrogens is 2. The predicted molar refractivity (Wildman–Crippen MR) is 74.1 cm³/mol. The number of nitrogens with zero attached hydrogens (tertiary/aromatic N) is 2. The van der Waals surface area contributed by atoms with E-state index in [2.05, 4.69) is 41.7 Å². The van der Waals surface area contributed by atoms with Gasteiger partial charge in [0.1, 0.15) is 0 Å². The summed E-state index contributed by atoms with van der Waals surface area (Å²) in [6.45, 7) is 1.94. The van der Waals surface area contributed by atoms with E-state index in [9.17, 15) is 8.42 Å². The lowest BCUT2D eigenvalue weighted by Gasteiger charge is -2.29. The van der Waals surface area contributed by atoms with Gasteiger partial charge >= 0.3 is 0 Å². The summed E-state index contributed by atoms with van der Waals surface area (Å²) in [6.07, 6.45) is 2.14. The minimum Gasteiger partial charge on any atom is -0.256 e. The Balaban J connectivity index is 3.05. The van der Waals surface area contributed by atoms with Gasteiger partial charge in [0.25, 0.3) is 10.0 Å². The molecule has 0 aliphatic rings. The van der Waals surface area contributed by atoms with Gasteiger partial charge in [0.2, 0.25) is 0 Å². The first-order chi connectivity index (χ1) is 7.90. The molecular formula is C9H15Br2N3O2S. The average molecular weight is 389 g/mol. The largest absolute Gasteiger partial charge is 0.258 e. The van der Waals surface area contributed by atoms with Crippen LogP contribution in [0, 0.1) is 0 Å². The number of aryl methyl sites for hydroxylation is 1. The average Bonchev–Trinajstić information content (AvgIpc) is 2.73. The zero-order chi connectivity index (χ0) is 13.1. The molecule has 0 aliphatic heterocycles. The molecule has 17 heavy (non-hydrogen) atoms.